The quantitative estimate of drug-likeness (QED) is 0.700. The van der Waals surface area contributed by atoms with Crippen molar-refractivity contribution in [1.82, 2.24) is 15.5 Å². The third-order valence-electron chi connectivity index (χ3n) is 5.54. The van der Waals surface area contributed by atoms with Crippen LogP contribution >= 0.6 is 11.3 Å². The van der Waals surface area contributed by atoms with Gasteiger partial charge in [0.2, 0.25) is 5.91 Å². The van der Waals surface area contributed by atoms with Crippen LogP contribution in [0.3, 0.4) is 0 Å². The maximum absolute atomic E-state index is 12.9. The molecule has 1 aliphatic heterocycles. The number of carbonyl (C=O) groups excluding carboxylic acids is 2. The Morgan fingerprint density at radius 3 is 2.52 bits per heavy atom. The number of rotatable bonds is 8. The summed E-state index contributed by atoms with van der Waals surface area (Å²) in [6, 6.07) is 13.5. The summed E-state index contributed by atoms with van der Waals surface area (Å²) >= 11 is 1.54. The van der Waals surface area contributed by atoms with Crippen molar-refractivity contribution in [3.05, 3.63) is 57.8 Å². The van der Waals surface area contributed by atoms with Gasteiger partial charge in [-0.15, -0.1) is 11.3 Å². The van der Waals surface area contributed by atoms with E-state index in [1.54, 1.807) is 0 Å². The van der Waals surface area contributed by atoms with Gasteiger partial charge in [0.05, 0.1) is 4.88 Å². The molecule has 2 amide bonds. The fourth-order valence-corrected chi connectivity index (χ4v) is 4.69. The van der Waals surface area contributed by atoms with Crippen molar-refractivity contribution in [3.63, 3.8) is 0 Å². The first-order valence-corrected chi connectivity index (χ1v) is 11.5. The minimum absolute atomic E-state index is 0.0881. The summed E-state index contributed by atoms with van der Waals surface area (Å²) in [5.41, 5.74) is 1.04. The lowest BCUT2D eigenvalue weighted by Crippen LogP contribution is -2.48. The van der Waals surface area contributed by atoms with E-state index in [2.05, 4.69) is 15.5 Å². The lowest BCUT2D eigenvalue weighted by molar-refractivity contribution is -0.123. The molecule has 1 aliphatic carbocycles. The second-order valence-electron chi connectivity index (χ2n) is 8.10. The smallest absolute Gasteiger partial charge is 0.262 e. The van der Waals surface area contributed by atoms with Gasteiger partial charge in [-0.25, -0.2) is 0 Å². The average Bonchev–Trinajstić information content (AvgIpc) is 3.43. The molecule has 1 atom stereocenters. The standard InChI is InChI=1S/C23H29N3O2S/c27-22(24-18-9-10-18)20(15-17-7-3-1-4-8-17)25-23(28)21-12-11-19(29-21)16-26-13-5-2-6-14-26/h1,3-4,7-8,11-12,18,20H,2,5-6,9-10,13-16H2,(H,24,27)(H,25,28). The van der Waals surface area contributed by atoms with Crippen LogP contribution in [0.15, 0.2) is 42.5 Å². The molecule has 0 bridgehead atoms. The Morgan fingerprint density at radius 2 is 1.79 bits per heavy atom. The fraction of sp³-hybridized carbons (Fsp3) is 0.478. The summed E-state index contributed by atoms with van der Waals surface area (Å²) < 4.78 is 0. The van der Waals surface area contributed by atoms with Gasteiger partial charge in [0.15, 0.2) is 0 Å². The number of piperidine rings is 1. The molecule has 6 heteroatoms. The van der Waals surface area contributed by atoms with Gasteiger partial charge in [0, 0.05) is 23.9 Å². The van der Waals surface area contributed by atoms with Crippen molar-refractivity contribution in [3.8, 4) is 0 Å². The van der Waals surface area contributed by atoms with Gasteiger partial charge in [-0.05, 0) is 56.5 Å². The van der Waals surface area contributed by atoms with E-state index >= 15 is 0 Å². The molecule has 29 heavy (non-hydrogen) atoms. The second-order valence-corrected chi connectivity index (χ2v) is 9.27. The number of amides is 2. The van der Waals surface area contributed by atoms with Crippen LogP contribution in [0.4, 0.5) is 0 Å². The molecule has 5 nitrogen and oxygen atoms in total. The Bertz CT molecular complexity index is 826. The molecule has 2 heterocycles. The number of nitrogens with one attached hydrogen (secondary N) is 2. The molecule has 0 radical (unpaired) electrons. The average molecular weight is 412 g/mol. The molecule has 1 aromatic heterocycles. The van der Waals surface area contributed by atoms with Crippen molar-refractivity contribution < 1.29 is 9.59 Å². The van der Waals surface area contributed by atoms with Crippen molar-refractivity contribution in [2.45, 2.75) is 57.2 Å². The van der Waals surface area contributed by atoms with E-state index in [0.717, 1.165) is 38.0 Å². The lowest BCUT2D eigenvalue weighted by atomic mass is 10.1. The molecule has 0 spiro atoms. The molecule has 2 fully saturated rings. The van der Waals surface area contributed by atoms with Gasteiger partial charge in [-0.2, -0.15) is 0 Å². The van der Waals surface area contributed by atoms with Crippen molar-refractivity contribution >= 4 is 23.2 Å². The van der Waals surface area contributed by atoms with Crippen LogP contribution in [0.25, 0.3) is 0 Å². The Morgan fingerprint density at radius 1 is 1.03 bits per heavy atom. The molecule has 4 rings (SSSR count). The Kier molecular flexibility index (Phi) is 6.62. The Labute approximate surface area is 176 Å². The van der Waals surface area contributed by atoms with Crippen LogP contribution in [0, 0.1) is 0 Å². The Balaban J connectivity index is 1.39. The van der Waals surface area contributed by atoms with E-state index in [1.165, 1.54) is 35.5 Å². The number of benzene rings is 1. The highest BCUT2D eigenvalue weighted by atomic mass is 32.1. The molecule has 154 valence electrons. The van der Waals surface area contributed by atoms with Crippen molar-refractivity contribution in [1.29, 1.82) is 0 Å². The lowest BCUT2D eigenvalue weighted by Gasteiger charge is -2.25. The summed E-state index contributed by atoms with van der Waals surface area (Å²) in [7, 11) is 0. The third-order valence-corrected chi connectivity index (χ3v) is 6.61. The molecule has 1 aromatic carbocycles. The molecule has 2 aromatic rings. The molecular formula is C23H29N3O2S. The summed E-state index contributed by atoms with van der Waals surface area (Å²) in [4.78, 5) is 29.9. The first-order chi connectivity index (χ1) is 14.2. The summed E-state index contributed by atoms with van der Waals surface area (Å²) in [5, 5.41) is 6.01. The highest BCUT2D eigenvalue weighted by Gasteiger charge is 2.29. The zero-order valence-corrected chi connectivity index (χ0v) is 17.5. The highest BCUT2D eigenvalue weighted by molar-refractivity contribution is 7.14. The van der Waals surface area contributed by atoms with Gasteiger partial charge in [-0.3, -0.25) is 14.5 Å². The fourth-order valence-electron chi connectivity index (χ4n) is 3.74. The first kappa shape index (κ1) is 20.1. The zero-order valence-electron chi connectivity index (χ0n) is 16.7. The molecule has 1 saturated heterocycles. The number of hydrogen-bond acceptors (Lipinski definition) is 4. The van der Waals surface area contributed by atoms with Gasteiger partial charge >= 0.3 is 0 Å². The predicted molar refractivity (Wildman–Crippen MR) is 116 cm³/mol. The van der Waals surface area contributed by atoms with Crippen LogP contribution in [0.2, 0.25) is 0 Å². The topological polar surface area (TPSA) is 61.4 Å². The van der Waals surface area contributed by atoms with Crippen molar-refractivity contribution in [2.75, 3.05) is 13.1 Å². The van der Waals surface area contributed by atoms with Crippen LogP contribution in [-0.2, 0) is 17.8 Å². The summed E-state index contributed by atoms with van der Waals surface area (Å²) in [6.07, 6.45) is 6.40. The van der Waals surface area contributed by atoms with E-state index in [1.807, 2.05) is 42.5 Å². The van der Waals surface area contributed by atoms with Gasteiger partial charge in [-0.1, -0.05) is 36.8 Å². The van der Waals surface area contributed by atoms with Gasteiger partial charge in [0.25, 0.3) is 5.91 Å². The maximum atomic E-state index is 12.9. The monoisotopic (exact) mass is 411 g/mol. The minimum atomic E-state index is -0.557. The Hall–Kier alpha value is -2.18. The summed E-state index contributed by atoms with van der Waals surface area (Å²) in [5.74, 6) is -0.249. The minimum Gasteiger partial charge on any atom is -0.352 e. The van der Waals surface area contributed by atoms with E-state index in [4.69, 9.17) is 0 Å². The number of thiophene rings is 1. The predicted octanol–water partition coefficient (Wildman–Crippen LogP) is 3.35. The second kappa shape index (κ2) is 9.55. The van der Waals surface area contributed by atoms with E-state index < -0.39 is 6.04 Å². The maximum Gasteiger partial charge on any atom is 0.262 e. The van der Waals surface area contributed by atoms with E-state index in [0.29, 0.717) is 11.3 Å². The largest absolute Gasteiger partial charge is 0.352 e. The van der Waals surface area contributed by atoms with Crippen LogP contribution in [0.1, 0.15) is 52.2 Å². The number of likely N-dealkylation sites (tertiary alicyclic amines) is 1. The zero-order chi connectivity index (χ0) is 20.1. The SMILES string of the molecule is O=C(NC(Cc1ccccc1)C(=O)NC1CC1)c1ccc(CN2CCCCC2)s1. The summed E-state index contributed by atoms with van der Waals surface area (Å²) in [6.45, 7) is 3.19. The van der Waals surface area contributed by atoms with Gasteiger partial charge < -0.3 is 10.6 Å². The van der Waals surface area contributed by atoms with Crippen LogP contribution in [-0.4, -0.2) is 41.9 Å². The molecule has 1 unspecified atom stereocenters. The van der Waals surface area contributed by atoms with Gasteiger partial charge in [0.1, 0.15) is 6.04 Å². The van der Waals surface area contributed by atoms with Crippen molar-refractivity contribution in [2.24, 2.45) is 0 Å². The first-order valence-electron chi connectivity index (χ1n) is 10.6. The number of nitrogens with zero attached hydrogens (tertiary/aromatic N) is 1. The normalized spacial score (nSPS) is 18.2. The van der Waals surface area contributed by atoms with E-state index in [-0.39, 0.29) is 17.9 Å². The van der Waals surface area contributed by atoms with Crippen LogP contribution < -0.4 is 10.6 Å². The third kappa shape index (κ3) is 5.90. The molecule has 1 saturated carbocycles. The number of hydrogen-bond donors (Lipinski definition) is 2. The van der Waals surface area contributed by atoms with Crippen LogP contribution in [0.5, 0.6) is 0 Å². The molecule has 2 N–H and O–H groups in total. The molecule has 2 aliphatic rings. The highest BCUT2D eigenvalue weighted by Crippen LogP contribution is 2.21. The van der Waals surface area contributed by atoms with E-state index in [9.17, 15) is 9.59 Å². The molecular weight excluding hydrogens is 382 g/mol. The number of carbonyl (C=O) groups is 2.